The largest absolute Gasteiger partial charge is 0.508 e. The summed E-state index contributed by atoms with van der Waals surface area (Å²) in [5.74, 6) is 5.85. The van der Waals surface area contributed by atoms with E-state index in [1.54, 1.807) is 19.9 Å². The van der Waals surface area contributed by atoms with Crippen LogP contribution in [0.2, 0.25) is 0 Å². The highest BCUT2D eigenvalue weighted by Crippen LogP contribution is 2.53. The molecule has 1 fully saturated rings. The van der Waals surface area contributed by atoms with Gasteiger partial charge in [0.05, 0.1) is 6.10 Å². The molecule has 0 aromatic heterocycles. The van der Waals surface area contributed by atoms with Gasteiger partial charge in [-0.05, 0) is 70.4 Å². The molecule has 3 atom stereocenters. The molecule has 3 unspecified atom stereocenters. The first kappa shape index (κ1) is 37.5. The molecule has 0 aromatic rings. The van der Waals surface area contributed by atoms with Gasteiger partial charge in [-0.15, -0.1) is 0 Å². The number of aliphatic hydroxyl groups is 3. The average molecular weight is 613 g/mol. The lowest BCUT2D eigenvalue weighted by atomic mass is 9.66. The maximum Gasteiger partial charge on any atom is 0.187 e. The van der Waals surface area contributed by atoms with Crippen LogP contribution >= 0.6 is 0 Å². The molecule has 2 aliphatic rings. The average Bonchev–Trinajstić information content (AvgIpc) is 3.15. The van der Waals surface area contributed by atoms with Gasteiger partial charge >= 0.3 is 0 Å². The van der Waals surface area contributed by atoms with Crippen LogP contribution in [0.25, 0.3) is 0 Å². The first-order valence-corrected chi connectivity index (χ1v) is 15.6. The minimum absolute atomic E-state index is 0.0618. The normalized spacial score (nSPS) is 26.8. The number of hydrogen-bond donors (Lipinski definition) is 3. The molecule has 5 heteroatoms. The molecule has 5 nitrogen and oxygen atoms in total. The highest BCUT2D eigenvalue weighted by Gasteiger charge is 2.53. The number of rotatable bonds is 9. The first-order chi connectivity index (χ1) is 20.8. The molecule has 2 rings (SSSR count). The molecule has 0 amide bonds. The van der Waals surface area contributed by atoms with Crippen LogP contribution < -0.4 is 0 Å². The summed E-state index contributed by atoms with van der Waals surface area (Å²) >= 11 is 0. The zero-order valence-corrected chi connectivity index (χ0v) is 28.8. The van der Waals surface area contributed by atoms with Crippen molar-refractivity contribution in [1.29, 1.82) is 0 Å². The molecule has 0 spiro atoms. The van der Waals surface area contributed by atoms with Crippen molar-refractivity contribution in [1.82, 2.24) is 0 Å². The number of allylic oxidation sites excluding steroid dienone is 16. The Kier molecular flexibility index (Phi) is 12.9. The van der Waals surface area contributed by atoms with Crippen molar-refractivity contribution in [2.75, 3.05) is 0 Å². The Labute approximate surface area is 270 Å². The van der Waals surface area contributed by atoms with Crippen LogP contribution in [0.1, 0.15) is 88.5 Å². The summed E-state index contributed by atoms with van der Waals surface area (Å²) in [6, 6.07) is 0. The quantitative estimate of drug-likeness (QED) is 0.105. The van der Waals surface area contributed by atoms with Crippen molar-refractivity contribution in [3.8, 4) is 11.8 Å². The van der Waals surface area contributed by atoms with Gasteiger partial charge in [0.25, 0.3) is 0 Å². The lowest BCUT2D eigenvalue weighted by molar-refractivity contribution is -0.128. The maximum absolute atomic E-state index is 13.0. The predicted molar refractivity (Wildman–Crippen MR) is 185 cm³/mol. The van der Waals surface area contributed by atoms with Crippen LogP contribution in [0.5, 0.6) is 0 Å². The number of carbonyl (C=O) groups is 2. The minimum atomic E-state index is -0.950. The van der Waals surface area contributed by atoms with Crippen LogP contribution in [-0.2, 0) is 9.59 Å². The molecular weight excluding hydrogens is 560 g/mol. The summed E-state index contributed by atoms with van der Waals surface area (Å²) in [7, 11) is 0. The molecule has 0 bridgehead atoms. The smallest absolute Gasteiger partial charge is 0.187 e. The Hall–Kier alpha value is -3.72. The Morgan fingerprint density at radius 1 is 0.822 bits per heavy atom. The van der Waals surface area contributed by atoms with Gasteiger partial charge in [0, 0.05) is 28.1 Å². The Balaban J connectivity index is 1.97. The first-order valence-electron chi connectivity index (χ1n) is 15.6. The molecule has 1 saturated carbocycles. The second-order valence-corrected chi connectivity index (χ2v) is 14.0. The van der Waals surface area contributed by atoms with Crippen LogP contribution in [-0.4, -0.2) is 39.1 Å². The second kappa shape index (κ2) is 15.5. The van der Waals surface area contributed by atoms with Crippen LogP contribution in [0.3, 0.4) is 0 Å². The Morgan fingerprint density at radius 2 is 1.38 bits per heavy atom. The SMILES string of the molecule is CC(C#CC1=C(C)C(=O)C(O)CC1(C)C)=CC=CC(C)=CC=CC=C(C)C=CC=C(C)C(O)=CC(=O)C1(C)CC(O)CC1(C)C. The molecule has 45 heavy (non-hydrogen) atoms. The molecule has 3 N–H and O–H groups in total. The summed E-state index contributed by atoms with van der Waals surface area (Å²) in [5.41, 5.74) is 3.49. The van der Waals surface area contributed by atoms with Crippen molar-refractivity contribution in [2.45, 2.75) is 101 Å². The van der Waals surface area contributed by atoms with Crippen LogP contribution in [0, 0.1) is 28.1 Å². The molecule has 0 aromatic carbocycles. The maximum atomic E-state index is 13.0. The number of aliphatic hydroxyl groups excluding tert-OH is 3. The van der Waals surface area contributed by atoms with Gasteiger partial charge in [0.1, 0.15) is 11.9 Å². The molecular formula is C40H52O5. The molecule has 0 saturated heterocycles. The van der Waals surface area contributed by atoms with Gasteiger partial charge in [-0.3, -0.25) is 9.59 Å². The lowest BCUT2D eigenvalue weighted by Crippen LogP contribution is -2.36. The summed E-state index contributed by atoms with van der Waals surface area (Å²) in [5, 5.41) is 30.6. The number of carbonyl (C=O) groups excluding carboxylic acids is 2. The molecule has 242 valence electrons. The van der Waals surface area contributed by atoms with Gasteiger partial charge in [0.2, 0.25) is 0 Å². The van der Waals surface area contributed by atoms with E-state index in [0.717, 1.165) is 22.3 Å². The Morgan fingerprint density at radius 3 is 1.91 bits per heavy atom. The van der Waals surface area contributed by atoms with Gasteiger partial charge < -0.3 is 15.3 Å². The minimum Gasteiger partial charge on any atom is -0.508 e. The van der Waals surface area contributed by atoms with E-state index in [4.69, 9.17) is 0 Å². The number of ketones is 2. The third-order valence-electron chi connectivity index (χ3n) is 9.15. The van der Waals surface area contributed by atoms with Crippen LogP contribution in [0.15, 0.2) is 106 Å². The van der Waals surface area contributed by atoms with E-state index in [1.807, 2.05) is 110 Å². The third kappa shape index (κ3) is 10.1. The zero-order chi connectivity index (χ0) is 34.2. The number of hydrogen-bond acceptors (Lipinski definition) is 5. The van der Waals surface area contributed by atoms with Crippen molar-refractivity contribution in [2.24, 2.45) is 16.2 Å². The van der Waals surface area contributed by atoms with Gasteiger partial charge in [0.15, 0.2) is 11.6 Å². The van der Waals surface area contributed by atoms with E-state index in [-0.39, 0.29) is 28.2 Å². The monoisotopic (exact) mass is 612 g/mol. The lowest BCUT2D eigenvalue weighted by Gasteiger charge is -2.35. The van der Waals surface area contributed by atoms with Crippen molar-refractivity contribution >= 4 is 11.6 Å². The highest BCUT2D eigenvalue weighted by molar-refractivity contribution is 6.01. The van der Waals surface area contributed by atoms with E-state index in [2.05, 4.69) is 11.8 Å². The van der Waals surface area contributed by atoms with Gasteiger partial charge in [-0.1, -0.05) is 118 Å². The summed E-state index contributed by atoms with van der Waals surface area (Å²) < 4.78 is 0. The summed E-state index contributed by atoms with van der Waals surface area (Å²) in [6.07, 6.45) is 20.5. The summed E-state index contributed by atoms with van der Waals surface area (Å²) in [4.78, 5) is 25.2. The van der Waals surface area contributed by atoms with Crippen molar-refractivity contribution in [3.05, 3.63) is 106 Å². The second-order valence-electron chi connectivity index (χ2n) is 14.0. The molecule has 0 aliphatic heterocycles. The molecule has 0 radical (unpaired) electrons. The Bertz CT molecular complexity index is 1500. The molecule has 0 heterocycles. The highest BCUT2D eigenvalue weighted by atomic mass is 16.3. The van der Waals surface area contributed by atoms with Crippen LogP contribution in [0.4, 0.5) is 0 Å². The predicted octanol–water partition coefficient (Wildman–Crippen LogP) is 8.32. The van der Waals surface area contributed by atoms with Gasteiger partial charge in [-0.2, -0.15) is 0 Å². The number of Topliss-reactive ketones (excluding diaryl/α,β-unsaturated/α-hetero) is 1. The van der Waals surface area contributed by atoms with E-state index in [1.165, 1.54) is 6.08 Å². The van der Waals surface area contributed by atoms with E-state index >= 15 is 0 Å². The summed E-state index contributed by atoms with van der Waals surface area (Å²) in [6.45, 7) is 19.3. The fraction of sp³-hybridized carbons (Fsp3) is 0.450. The van der Waals surface area contributed by atoms with E-state index in [0.29, 0.717) is 30.4 Å². The van der Waals surface area contributed by atoms with Gasteiger partial charge in [-0.25, -0.2) is 0 Å². The van der Waals surface area contributed by atoms with E-state index in [9.17, 15) is 24.9 Å². The van der Waals surface area contributed by atoms with E-state index < -0.39 is 17.6 Å². The fourth-order valence-electron chi connectivity index (χ4n) is 5.79. The third-order valence-corrected chi connectivity index (χ3v) is 9.15. The molecule has 2 aliphatic carbocycles. The zero-order valence-electron chi connectivity index (χ0n) is 28.8. The standard InChI is InChI=1S/C40H52O5/c1-27(17-13-18-29(3)21-22-33-31(5)37(45)35(43)26-38(33,6)7)15-11-12-16-28(2)19-14-20-30(4)34(42)23-36(44)40(10)25-32(41)24-39(40,8)9/h11-20,23,32,35,41-43H,24-26H2,1-10H3. The fourth-order valence-corrected chi connectivity index (χ4v) is 5.79. The van der Waals surface area contributed by atoms with Crippen molar-refractivity contribution in [3.63, 3.8) is 0 Å². The topological polar surface area (TPSA) is 94.8 Å². The van der Waals surface area contributed by atoms with Crippen molar-refractivity contribution < 1.29 is 24.9 Å².